The minimum atomic E-state index is -0.377. The molecule has 0 bridgehead atoms. The second-order valence-electron chi connectivity index (χ2n) is 3.64. The number of rotatable bonds is 4. The fourth-order valence-corrected chi connectivity index (χ4v) is 1.70. The van der Waals surface area contributed by atoms with Crippen molar-refractivity contribution in [2.45, 2.75) is 6.73 Å². The number of halogens is 1. The molecule has 96 valence electrons. The van der Waals surface area contributed by atoms with Crippen LogP contribution in [0.3, 0.4) is 0 Å². The molecule has 0 saturated carbocycles. The second-order valence-corrected chi connectivity index (χ2v) is 4.05. The zero-order chi connectivity index (χ0) is 13.1. The van der Waals surface area contributed by atoms with Gasteiger partial charge >= 0.3 is 0 Å². The summed E-state index contributed by atoms with van der Waals surface area (Å²) in [4.78, 5) is 11.9. The lowest BCUT2D eigenvalue weighted by Crippen LogP contribution is -2.13. The first-order valence-corrected chi connectivity index (χ1v) is 5.50. The molecule has 2 aromatic heterocycles. The van der Waals surface area contributed by atoms with Crippen molar-refractivity contribution in [1.82, 2.24) is 19.6 Å². The number of aryl methyl sites for hydroxylation is 1. The minimum Gasteiger partial charge on any atom is -0.362 e. The summed E-state index contributed by atoms with van der Waals surface area (Å²) in [7, 11) is 3.26. The van der Waals surface area contributed by atoms with Gasteiger partial charge in [-0.1, -0.05) is 11.6 Å². The van der Waals surface area contributed by atoms with Gasteiger partial charge in [0.15, 0.2) is 5.69 Å². The number of carbonyl (C=O) groups is 1. The van der Waals surface area contributed by atoms with Gasteiger partial charge in [0, 0.05) is 20.4 Å². The molecule has 0 aliphatic rings. The largest absolute Gasteiger partial charge is 0.362 e. The third kappa shape index (κ3) is 2.69. The molecule has 0 aromatic carbocycles. The predicted octanol–water partition coefficient (Wildman–Crippen LogP) is 1.13. The molecule has 7 nitrogen and oxygen atoms in total. The molecule has 18 heavy (non-hydrogen) atoms. The van der Waals surface area contributed by atoms with Crippen LogP contribution in [-0.4, -0.2) is 32.6 Å². The topological polar surface area (TPSA) is 74.0 Å². The summed E-state index contributed by atoms with van der Waals surface area (Å²) < 4.78 is 7.93. The van der Waals surface area contributed by atoms with Crippen LogP contribution in [0.4, 0.5) is 5.69 Å². The average molecular weight is 270 g/mol. The standard InChI is InChI=1S/C10H12ClN5O2/c1-15-5-8(11)9(14-15)10(17)13-7-3-12-16(4-7)6-18-2/h3-5H,6H2,1-2H3,(H,13,17). The molecule has 0 aliphatic heterocycles. The van der Waals surface area contributed by atoms with E-state index in [-0.39, 0.29) is 11.6 Å². The van der Waals surface area contributed by atoms with Crippen LogP contribution < -0.4 is 5.32 Å². The Hall–Kier alpha value is -1.86. The monoisotopic (exact) mass is 269 g/mol. The molecule has 2 heterocycles. The quantitative estimate of drug-likeness (QED) is 0.903. The van der Waals surface area contributed by atoms with Gasteiger partial charge in [-0.3, -0.25) is 9.48 Å². The highest BCUT2D eigenvalue weighted by Crippen LogP contribution is 2.15. The van der Waals surface area contributed by atoms with E-state index < -0.39 is 0 Å². The number of hydrogen-bond acceptors (Lipinski definition) is 4. The van der Waals surface area contributed by atoms with Gasteiger partial charge in [0.2, 0.25) is 0 Å². The number of methoxy groups -OCH3 is 1. The number of carbonyl (C=O) groups excluding carboxylic acids is 1. The molecular formula is C10H12ClN5O2. The second kappa shape index (κ2) is 5.19. The number of ether oxygens (including phenoxy) is 1. The zero-order valence-corrected chi connectivity index (χ0v) is 10.7. The average Bonchev–Trinajstić information content (AvgIpc) is 2.86. The third-order valence-corrected chi connectivity index (χ3v) is 2.43. The SMILES string of the molecule is COCn1cc(NC(=O)c2nn(C)cc2Cl)cn1. The molecule has 8 heteroatoms. The molecular weight excluding hydrogens is 258 g/mol. The first-order valence-electron chi connectivity index (χ1n) is 5.12. The summed E-state index contributed by atoms with van der Waals surface area (Å²) in [6.45, 7) is 0.320. The van der Waals surface area contributed by atoms with E-state index in [1.54, 1.807) is 31.2 Å². The van der Waals surface area contributed by atoms with Gasteiger partial charge < -0.3 is 10.1 Å². The molecule has 0 atom stereocenters. The van der Waals surface area contributed by atoms with Crippen LogP contribution in [0.5, 0.6) is 0 Å². The van der Waals surface area contributed by atoms with Crippen LogP contribution in [-0.2, 0) is 18.5 Å². The number of nitrogens with zero attached hydrogens (tertiary/aromatic N) is 4. The van der Waals surface area contributed by atoms with Crippen molar-refractivity contribution in [3.63, 3.8) is 0 Å². The highest BCUT2D eigenvalue weighted by atomic mass is 35.5. The highest BCUT2D eigenvalue weighted by molar-refractivity contribution is 6.34. The summed E-state index contributed by atoms with van der Waals surface area (Å²) in [6.07, 6.45) is 4.73. The smallest absolute Gasteiger partial charge is 0.277 e. The maximum absolute atomic E-state index is 11.9. The summed E-state index contributed by atoms with van der Waals surface area (Å²) in [5.41, 5.74) is 0.734. The number of nitrogens with one attached hydrogen (secondary N) is 1. The molecule has 0 aliphatic carbocycles. The Morgan fingerprint density at radius 1 is 1.56 bits per heavy atom. The molecule has 0 fully saturated rings. The van der Waals surface area contributed by atoms with Gasteiger partial charge in [0.1, 0.15) is 6.73 Å². The van der Waals surface area contributed by atoms with Crippen molar-refractivity contribution in [2.75, 3.05) is 12.4 Å². The van der Waals surface area contributed by atoms with Crippen molar-refractivity contribution < 1.29 is 9.53 Å². The van der Waals surface area contributed by atoms with Gasteiger partial charge in [0.25, 0.3) is 5.91 Å². The summed E-state index contributed by atoms with van der Waals surface area (Å²) in [5.74, 6) is -0.377. The summed E-state index contributed by atoms with van der Waals surface area (Å²) >= 11 is 5.88. The van der Waals surface area contributed by atoms with Crippen molar-refractivity contribution in [3.05, 3.63) is 29.3 Å². The first kappa shape index (κ1) is 12.6. The van der Waals surface area contributed by atoms with Crippen LogP contribution in [0, 0.1) is 0 Å². The van der Waals surface area contributed by atoms with E-state index in [0.29, 0.717) is 17.4 Å². The van der Waals surface area contributed by atoms with Gasteiger partial charge in [0.05, 0.1) is 23.1 Å². The normalized spacial score (nSPS) is 10.6. The van der Waals surface area contributed by atoms with E-state index >= 15 is 0 Å². The Kier molecular flexibility index (Phi) is 3.63. The third-order valence-electron chi connectivity index (χ3n) is 2.15. The van der Waals surface area contributed by atoms with Gasteiger partial charge in [-0.15, -0.1) is 0 Å². The van der Waals surface area contributed by atoms with Crippen molar-refractivity contribution in [1.29, 1.82) is 0 Å². The fourth-order valence-electron chi connectivity index (χ4n) is 1.43. The van der Waals surface area contributed by atoms with Crippen molar-refractivity contribution >= 4 is 23.2 Å². The van der Waals surface area contributed by atoms with Crippen molar-refractivity contribution in [3.8, 4) is 0 Å². The minimum absolute atomic E-state index is 0.179. The molecule has 1 N–H and O–H groups in total. The molecule has 0 radical (unpaired) electrons. The van der Waals surface area contributed by atoms with Crippen LogP contribution in [0.2, 0.25) is 5.02 Å². The zero-order valence-electron chi connectivity index (χ0n) is 9.92. The van der Waals surface area contributed by atoms with E-state index in [1.165, 1.54) is 10.9 Å². The lowest BCUT2D eigenvalue weighted by atomic mass is 10.4. The van der Waals surface area contributed by atoms with E-state index in [9.17, 15) is 4.79 Å². The molecule has 0 unspecified atom stereocenters. The molecule has 0 spiro atoms. The van der Waals surface area contributed by atoms with E-state index in [0.717, 1.165) is 0 Å². The van der Waals surface area contributed by atoms with Gasteiger partial charge in [-0.25, -0.2) is 4.68 Å². The Morgan fingerprint density at radius 2 is 2.33 bits per heavy atom. The Bertz CT molecular complexity index is 562. The maximum Gasteiger partial charge on any atom is 0.277 e. The Balaban J connectivity index is 2.08. The molecule has 0 saturated heterocycles. The maximum atomic E-state index is 11.9. The molecule has 2 rings (SSSR count). The van der Waals surface area contributed by atoms with E-state index in [1.807, 2.05) is 0 Å². The summed E-state index contributed by atoms with van der Waals surface area (Å²) in [5, 5.41) is 10.9. The van der Waals surface area contributed by atoms with Crippen LogP contribution in [0.25, 0.3) is 0 Å². The summed E-state index contributed by atoms with van der Waals surface area (Å²) in [6, 6.07) is 0. The first-order chi connectivity index (χ1) is 8.60. The fraction of sp³-hybridized carbons (Fsp3) is 0.300. The number of aromatic nitrogens is 4. The lowest BCUT2D eigenvalue weighted by molar-refractivity contribution is 0.102. The lowest BCUT2D eigenvalue weighted by Gasteiger charge is -1.99. The molecule has 2 aromatic rings. The van der Waals surface area contributed by atoms with Gasteiger partial charge in [-0.2, -0.15) is 10.2 Å². The predicted molar refractivity (Wildman–Crippen MR) is 65.4 cm³/mol. The number of hydrogen-bond donors (Lipinski definition) is 1. The highest BCUT2D eigenvalue weighted by Gasteiger charge is 2.15. The van der Waals surface area contributed by atoms with E-state index in [4.69, 9.17) is 16.3 Å². The number of anilines is 1. The van der Waals surface area contributed by atoms with E-state index in [2.05, 4.69) is 15.5 Å². The Labute approximate surface area is 108 Å². The molecule has 1 amide bonds. The number of amides is 1. The Morgan fingerprint density at radius 3 is 2.94 bits per heavy atom. The van der Waals surface area contributed by atoms with Gasteiger partial charge in [-0.05, 0) is 0 Å². The van der Waals surface area contributed by atoms with Crippen molar-refractivity contribution in [2.24, 2.45) is 7.05 Å². The van der Waals surface area contributed by atoms with Crippen LogP contribution in [0.1, 0.15) is 10.5 Å². The van der Waals surface area contributed by atoms with Crippen LogP contribution in [0.15, 0.2) is 18.6 Å². The van der Waals surface area contributed by atoms with Crippen LogP contribution >= 0.6 is 11.6 Å².